The predicted octanol–water partition coefficient (Wildman–Crippen LogP) is 5.90. The van der Waals surface area contributed by atoms with Crippen LogP contribution in [-0.2, 0) is 4.79 Å². The van der Waals surface area contributed by atoms with E-state index in [0.29, 0.717) is 16.6 Å². The van der Waals surface area contributed by atoms with Crippen LogP contribution in [0.3, 0.4) is 0 Å². The molecule has 1 aromatic carbocycles. The molecule has 0 saturated carbocycles. The topological polar surface area (TPSA) is 66.3 Å². The molecule has 1 saturated heterocycles. The van der Waals surface area contributed by atoms with Gasteiger partial charge in [0.2, 0.25) is 5.91 Å². The maximum Gasteiger partial charge on any atom is 0.241 e. The summed E-state index contributed by atoms with van der Waals surface area (Å²) in [5.74, 6) is 1.00. The van der Waals surface area contributed by atoms with Crippen molar-refractivity contribution in [1.82, 2.24) is 18.8 Å². The average Bonchev–Trinajstić information content (AvgIpc) is 3.24. The Morgan fingerprint density at radius 2 is 2.09 bits per heavy atom. The fourth-order valence-electron chi connectivity index (χ4n) is 4.28. The van der Waals surface area contributed by atoms with Crippen LogP contribution < -0.4 is 10.2 Å². The molecule has 1 amide bonds. The Labute approximate surface area is 219 Å². The Morgan fingerprint density at radius 3 is 2.82 bits per heavy atom. The van der Waals surface area contributed by atoms with Crippen LogP contribution >= 0.6 is 53.5 Å². The summed E-state index contributed by atoms with van der Waals surface area (Å²) in [6.07, 6.45) is 6.63. The SMILES string of the molecule is CCCN(c1ncnc2c1ccn2SI)C1CCCN(C(=O)CNc2cc(Cl)cc(Cl)c2)C1. The van der Waals surface area contributed by atoms with Crippen LogP contribution in [0.2, 0.25) is 10.0 Å². The van der Waals surface area contributed by atoms with Crippen LogP contribution in [0.5, 0.6) is 0 Å². The first-order valence-corrected chi connectivity index (χ1v) is 14.9. The summed E-state index contributed by atoms with van der Waals surface area (Å²) in [7, 11) is 1.59. The molecule has 176 valence electrons. The van der Waals surface area contributed by atoms with Gasteiger partial charge < -0.3 is 15.1 Å². The zero-order chi connectivity index (χ0) is 23.4. The molecule has 1 fully saturated rings. The van der Waals surface area contributed by atoms with Crippen LogP contribution in [-0.4, -0.2) is 57.0 Å². The number of nitrogens with one attached hydrogen (secondary N) is 1. The van der Waals surface area contributed by atoms with E-state index in [1.165, 1.54) is 0 Å². The summed E-state index contributed by atoms with van der Waals surface area (Å²) >= 11 is 14.4. The van der Waals surface area contributed by atoms with Crippen molar-refractivity contribution in [3.63, 3.8) is 0 Å². The highest BCUT2D eigenvalue weighted by atomic mass is 127. The second-order valence-electron chi connectivity index (χ2n) is 7.99. The highest BCUT2D eigenvalue weighted by Gasteiger charge is 2.29. The van der Waals surface area contributed by atoms with Crippen LogP contribution in [0, 0.1) is 0 Å². The summed E-state index contributed by atoms with van der Waals surface area (Å²) < 4.78 is 2.04. The number of halogens is 3. The van der Waals surface area contributed by atoms with E-state index >= 15 is 0 Å². The maximum absolute atomic E-state index is 13.0. The van der Waals surface area contributed by atoms with Gasteiger partial charge in [-0.1, -0.05) is 30.1 Å². The van der Waals surface area contributed by atoms with Gasteiger partial charge in [0.25, 0.3) is 0 Å². The number of benzene rings is 1. The number of fused-ring (bicyclic) bond motifs is 1. The number of hydrogen-bond donors (Lipinski definition) is 1. The quantitative estimate of drug-likeness (QED) is 0.317. The van der Waals surface area contributed by atoms with Crippen molar-refractivity contribution >= 4 is 82.0 Å². The fraction of sp³-hybridized carbons (Fsp3) is 0.409. The van der Waals surface area contributed by atoms with Crippen molar-refractivity contribution in [1.29, 1.82) is 0 Å². The fourth-order valence-corrected chi connectivity index (χ4v) is 6.08. The van der Waals surface area contributed by atoms with Gasteiger partial charge in [0.1, 0.15) is 12.1 Å². The van der Waals surface area contributed by atoms with Crippen molar-refractivity contribution in [2.75, 3.05) is 36.4 Å². The van der Waals surface area contributed by atoms with Gasteiger partial charge in [0, 0.05) is 77.9 Å². The molecule has 0 spiro atoms. The molecule has 0 bridgehead atoms. The molecule has 7 nitrogen and oxygen atoms in total. The lowest BCUT2D eigenvalue weighted by Gasteiger charge is -2.40. The van der Waals surface area contributed by atoms with Gasteiger partial charge in [-0.05, 0) is 43.5 Å². The molecule has 3 aromatic rings. The molecule has 1 atom stereocenters. The Balaban J connectivity index is 1.49. The van der Waals surface area contributed by atoms with Gasteiger partial charge in [0.15, 0.2) is 5.65 Å². The number of amides is 1. The molecule has 3 heterocycles. The second-order valence-corrected chi connectivity index (χ2v) is 10.6. The molecule has 2 aromatic heterocycles. The van der Waals surface area contributed by atoms with Gasteiger partial charge in [-0.15, -0.1) is 0 Å². The molecule has 11 heteroatoms. The summed E-state index contributed by atoms with van der Waals surface area (Å²) in [6, 6.07) is 7.49. The van der Waals surface area contributed by atoms with Crippen molar-refractivity contribution in [2.24, 2.45) is 0 Å². The number of aromatic nitrogens is 3. The van der Waals surface area contributed by atoms with E-state index in [0.717, 1.165) is 54.9 Å². The van der Waals surface area contributed by atoms with Gasteiger partial charge in [0.05, 0.1) is 11.9 Å². The van der Waals surface area contributed by atoms with E-state index in [1.807, 2.05) is 15.1 Å². The Morgan fingerprint density at radius 1 is 1.30 bits per heavy atom. The van der Waals surface area contributed by atoms with Crippen LogP contribution in [0.4, 0.5) is 11.5 Å². The lowest BCUT2D eigenvalue weighted by atomic mass is 10.0. The molecular weight excluding hydrogens is 594 g/mol. The highest BCUT2D eigenvalue weighted by Crippen LogP contribution is 2.31. The molecule has 1 aliphatic rings. The minimum Gasteiger partial charge on any atom is -0.376 e. The monoisotopic (exact) mass is 618 g/mol. The summed E-state index contributed by atoms with van der Waals surface area (Å²) in [6.45, 7) is 4.67. The summed E-state index contributed by atoms with van der Waals surface area (Å²) in [4.78, 5) is 26.4. The van der Waals surface area contributed by atoms with Gasteiger partial charge in [-0.25, -0.2) is 9.97 Å². The molecule has 1 aliphatic heterocycles. The highest BCUT2D eigenvalue weighted by molar-refractivity contribution is 14.2. The third-order valence-corrected chi connectivity index (χ3v) is 7.89. The molecule has 4 rings (SSSR count). The largest absolute Gasteiger partial charge is 0.376 e. The van der Waals surface area contributed by atoms with Crippen LogP contribution in [0.25, 0.3) is 11.0 Å². The van der Waals surface area contributed by atoms with Gasteiger partial charge >= 0.3 is 0 Å². The normalized spacial score (nSPS) is 16.2. The standard InChI is InChI=1S/C22H25Cl2IN6OS/c1-2-6-30(21-19-5-8-31(33-25)22(19)28-14-27-21)18-4-3-7-29(13-18)20(32)12-26-17-10-15(23)9-16(24)11-17/h5,8-11,14,18,26H,2-4,6-7,12-13H2,1H3. The zero-order valence-corrected chi connectivity index (χ0v) is 22.7. The summed E-state index contributed by atoms with van der Waals surface area (Å²) in [5, 5.41) is 5.27. The van der Waals surface area contributed by atoms with Crippen molar-refractivity contribution in [3.05, 3.63) is 46.8 Å². The van der Waals surface area contributed by atoms with Gasteiger partial charge in [-0.3, -0.25) is 8.77 Å². The predicted molar refractivity (Wildman–Crippen MR) is 147 cm³/mol. The first kappa shape index (κ1) is 24.7. The molecule has 33 heavy (non-hydrogen) atoms. The third-order valence-electron chi connectivity index (χ3n) is 5.73. The van der Waals surface area contributed by atoms with Crippen molar-refractivity contribution in [3.8, 4) is 0 Å². The van der Waals surface area contributed by atoms with Gasteiger partial charge in [-0.2, -0.15) is 0 Å². The minimum atomic E-state index is 0.0625. The molecule has 1 unspecified atom stereocenters. The number of carbonyl (C=O) groups is 1. The number of hydrogen-bond acceptors (Lipinski definition) is 6. The number of piperidine rings is 1. The number of carbonyl (C=O) groups excluding carboxylic acids is 1. The smallest absolute Gasteiger partial charge is 0.241 e. The average molecular weight is 619 g/mol. The van der Waals surface area contributed by atoms with Crippen LogP contribution in [0.15, 0.2) is 36.8 Å². The van der Waals surface area contributed by atoms with E-state index in [-0.39, 0.29) is 18.5 Å². The number of anilines is 2. The lowest BCUT2D eigenvalue weighted by molar-refractivity contribution is -0.130. The summed E-state index contributed by atoms with van der Waals surface area (Å²) in [5.41, 5.74) is 1.65. The molecular formula is C22H25Cl2IN6OS. The third kappa shape index (κ3) is 5.80. The van der Waals surface area contributed by atoms with Crippen molar-refractivity contribution in [2.45, 2.75) is 32.2 Å². The number of likely N-dealkylation sites (tertiary alicyclic amines) is 1. The number of nitrogens with zero attached hydrogens (tertiary/aromatic N) is 5. The maximum atomic E-state index is 13.0. The zero-order valence-electron chi connectivity index (χ0n) is 18.2. The van der Waals surface area contributed by atoms with Crippen LogP contribution in [0.1, 0.15) is 26.2 Å². The molecule has 1 N–H and O–H groups in total. The van der Waals surface area contributed by atoms with E-state index in [9.17, 15) is 4.79 Å². The van der Waals surface area contributed by atoms with E-state index in [2.05, 4.69) is 54.4 Å². The first-order chi connectivity index (χ1) is 16.0. The first-order valence-electron chi connectivity index (χ1n) is 10.9. The lowest BCUT2D eigenvalue weighted by Crippen LogP contribution is -2.51. The Kier molecular flexibility index (Phi) is 8.48. The second kappa shape index (κ2) is 11.3. The minimum absolute atomic E-state index is 0.0625. The number of rotatable bonds is 8. The molecule has 0 aliphatic carbocycles. The Hall–Kier alpha value is -1.43. The molecule has 0 radical (unpaired) electrons. The van der Waals surface area contributed by atoms with E-state index in [1.54, 1.807) is 33.6 Å². The van der Waals surface area contributed by atoms with E-state index in [4.69, 9.17) is 23.2 Å². The Bertz CT molecular complexity index is 1110. The van der Waals surface area contributed by atoms with E-state index < -0.39 is 0 Å². The van der Waals surface area contributed by atoms with Crippen molar-refractivity contribution < 1.29 is 4.79 Å².